The zero-order valence-electron chi connectivity index (χ0n) is 17.4. The zero-order chi connectivity index (χ0) is 23.5. The molecular weight excluding hydrogens is 457 g/mol. The second-order valence-corrected chi connectivity index (χ2v) is 8.20. The van der Waals surface area contributed by atoms with Gasteiger partial charge in [-0.05, 0) is 72.8 Å². The number of rotatable bonds is 6. The van der Waals surface area contributed by atoms with Crippen molar-refractivity contribution in [1.29, 1.82) is 0 Å². The summed E-state index contributed by atoms with van der Waals surface area (Å²) in [7, 11) is 0. The number of nitrogens with one attached hydrogen (secondary N) is 2. The molecule has 0 saturated carbocycles. The third kappa shape index (κ3) is 4.79. The minimum Gasteiger partial charge on any atom is -0.459 e. The summed E-state index contributed by atoms with van der Waals surface area (Å²) in [5.41, 5.74) is 2.02. The summed E-state index contributed by atoms with van der Waals surface area (Å²) < 4.78 is 24.6. The third-order valence-electron chi connectivity index (χ3n) is 4.78. The van der Waals surface area contributed by atoms with Gasteiger partial charge in [0.2, 0.25) is 5.91 Å². The third-order valence-corrected chi connectivity index (χ3v) is 5.71. The van der Waals surface area contributed by atoms with Crippen LogP contribution in [0.3, 0.4) is 0 Å². The summed E-state index contributed by atoms with van der Waals surface area (Å²) in [5.74, 6) is 0.215. The van der Waals surface area contributed by atoms with E-state index in [1.165, 1.54) is 35.8 Å². The van der Waals surface area contributed by atoms with Crippen LogP contribution in [-0.2, 0) is 4.79 Å². The number of anilines is 2. The van der Waals surface area contributed by atoms with Gasteiger partial charge in [-0.25, -0.2) is 9.37 Å². The highest BCUT2D eigenvalue weighted by Crippen LogP contribution is 2.29. The van der Waals surface area contributed by atoms with Crippen molar-refractivity contribution in [1.82, 2.24) is 4.98 Å². The van der Waals surface area contributed by atoms with Crippen molar-refractivity contribution in [2.24, 2.45) is 0 Å². The quantitative estimate of drug-likeness (QED) is 0.287. The van der Waals surface area contributed by atoms with Crippen molar-refractivity contribution < 1.29 is 22.8 Å². The van der Waals surface area contributed by atoms with Gasteiger partial charge in [-0.1, -0.05) is 11.3 Å². The molecule has 5 rings (SSSR count). The predicted molar refractivity (Wildman–Crippen MR) is 128 cm³/mol. The Bertz CT molecular complexity index is 1500. The molecule has 0 aliphatic heterocycles. The highest BCUT2D eigenvalue weighted by Gasteiger charge is 2.12. The molecule has 0 saturated heterocycles. The Morgan fingerprint density at radius 3 is 2.65 bits per heavy atom. The molecule has 2 amide bonds. The van der Waals surface area contributed by atoms with E-state index in [4.69, 9.17) is 8.83 Å². The number of halogens is 1. The molecule has 9 heteroatoms. The summed E-state index contributed by atoms with van der Waals surface area (Å²) >= 11 is 1.28. The smallest absolute Gasteiger partial charge is 0.293 e. The van der Waals surface area contributed by atoms with Crippen LogP contribution >= 0.6 is 11.3 Å². The van der Waals surface area contributed by atoms with E-state index in [2.05, 4.69) is 15.6 Å². The van der Waals surface area contributed by atoms with Gasteiger partial charge in [0.05, 0.1) is 16.5 Å². The van der Waals surface area contributed by atoms with Crippen molar-refractivity contribution in [3.05, 3.63) is 96.4 Å². The fourth-order valence-corrected chi connectivity index (χ4v) is 4.08. The second-order valence-electron chi connectivity index (χ2n) is 7.16. The largest absolute Gasteiger partial charge is 0.459 e. The van der Waals surface area contributed by atoms with E-state index in [1.54, 1.807) is 60.7 Å². The van der Waals surface area contributed by atoms with Gasteiger partial charge in [0.1, 0.15) is 17.3 Å². The summed E-state index contributed by atoms with van der Waals surface area (Å²) in [4.78, 5) is 28.9. The first-order valence-electron chi connectivity index (χ1n) is 10.1. The highest BCUT2D eigenvalue weighted by molar-refractivity contribution is 7.22. The van der Waals surface area contributed by atoms with Crippen molar-refractivity contribution in [2.75, 3.05) is 10.6 Å². The SMILES string of the molecule is O=C(/C=C/c1ccc(-c2ccc(F)cc2)o1)Nc1ccc2nc(NC(=O)c3ccco3)sc2c1. The molecule has 168 valence electrons. The van der Waals surface area contributed by atoms with Gasteiger partial charge >= 0.3 is 0 Å². The molecule has 0 spiro atoms. The molecule has 3 heterocycles. The van der Waals surface area contributed by atoms with Crippen LogP contribution in [-0.4, -0.2) is 16.8 Å². The number of nitrogens with zero attached hydrogens (tertiary/aromatic N) is 1. The van der Waals surface area contributed by atoms with Crippen LogP contribution in [0.25, 0.3) is 27.6 Å². The van der Waals surface area contributed by atoms with Crippen LogP contribution in [0.1, 0.15) is 16.3 Å². The minimum absolute atomic E-state index is 0.195. The number of aromatic nitrogens is 1. The van der Waals surface area contributed by atoms with Crippen LogP contribution in [0.4, 0.5) is 15.2 Å². The standard InChI is InChI=1S/C25H16FN3O4S/c26-16-5-3-15(4-6-16)20-11-8-18(33-20)9-12-23(30)27-17-7-10-19-22(14-17)34-25(28-19)29-24(31)21-2-1-13-32-21/h1-14H,(H,27,30)(H,28,29,31)/b12-9+. The Morgan fingerprint density at radius 1 is 1.00 bits per heavy atom. The van der Waals surface area contributed by atoms with E-state index in [9.17, 15) is 14.0 Å². The van der Waals surface area contributed by atoms with Gasteiger partial charge in [0.25, 0.3) is 5.91 Å². The van der Waals surface area contributed by atoms with Crippen LogP contribution in [0.5, 0.6) is 0 Å². The molecule has 0 unspecified atom stereocenters. The van der Waals surface area contributed by atoms with Crippen molar-refractivity contribution in [3.8, 4) is 11.3 Å². The van der Waals surface area contributed by atoms with E-state index in [0.29, 0.717) is 27.9 Å². The van der Waals surface area contributed by atoms with Crippen molar-refractivity contribution >= 4 is 50.3 Å². The number of fused-ring (bicyclic) bond motifs is 1. The summed E-state index contributed by atoms with van der Waals surface area (Å²) in [6, 6.07) is 17.9. The lowest BCUT2D eigenvalue weighted by Crippen LogP contribution is -2.10. The summed E-state index contributed by atoms with van der Waals surface area (Å²) in [5, 5.41) is 5.91. The van der Waals surface area contributed by atoms with E-state index in [1.807, 2.05) is 0 Å². The number of furan rings is 2. The van der Waals surface area contributed by atoms with Crippen molar-refractivity contribution in [3.63, 3.8) is 0 Å². The van der Waals surface area contributed by atoms with E-state index in [0.717, 1.165) is 10.3 Å². The molecule has 0 bridgehead atoms. The van der Waals surface area contributed by atoms with Gasteiger partial charge in [0, 0.05) is 17.3 Å². The number of thiazole rings is 1. The maximum absolute atomic E-state index is 13.1. The summed E-state index contributed by atoms with van der Waals surface area (Å²) in [6.45, 7) is 0. The number of carbonyl (C=O) groups is 2. The molecule has 5 aromatic rings. The Balaban J connectivity index is 1.23. The topological polar surface area (TPSA) is 97.4 Å². The van der Waals surface area contributed by atoms with Gasteiger partial charge in [-0.2, -0.15) is 0 Å². The van der Waals surface area contributed by atoms with Gasteiger partial charge in [0.15, 0.2) is 10.9 Å². The van der Waals surface area contributed by atoms with Crippen LogP contribution < -0.4 is 10.6 Å². The van der Waals surface area contributed by atoms with Crippen molar-refractivity contribution in [2.45, 2.75) is 0 Å². The average molecular weight is 473 g/mol. The fourth-order valence-electron chi connectivity index (χ4n) is 3.18. The summed E-state index contributed by atoms with van der Waals surface area (Å²) in [6.07, 6.45) is 4.34. The first-order valence-corrected chi connectivity index (χ1v) is 11.0. The molecule has 0 aliphatic carbocycles. The molecule has 34 heavy (non-hydrogen) atoms. The Kier molecular flexibility index (Phi) is 5.75. The van der Waals surface area contributed by atoms with E-state index < -0.39 is 0 Å². The van der Waals surface area contributed by atoms with Gasteiger partial charge < -0.3 is 14.2 Å². The monoisotopic (exact) mass is 473 g/mol. The predicted octanol–water partition coefficient (Wildman–Crippen LogP) is 6.19. The minimum atomic E-state index is -0.386. The molecule has 0 fully saturated rings. The van der Waals surface area contributed by atoms with Crippen LogP contribution in [0.2, 0.25) is 0 Å². The highest BCUT2D eigenvalue weighted by atomic mass is 32.1. The fraction of sp³-hybridized carbons (Fsp3) is 0. The molecule has 0 radical (unpaired) electrons. The Hall–Kier alpha value is -4.50. The van der Waals surface area contributed by atoms with Gasteiger partial charge in [-0.15, -0.1) is 0 Å². The molecular formula is C25H16FN3O4S. The molecule has 3 aromatic heterocycles. The maximum atomic E-state index is 13.1. The zero-order valence-corrected chi connectivity index (χ0v) is 18.3. The first kappa shape index (κ1) is 21.4. The molecule has 0 aliphatic rings. The number of hydrogen-bond acceptors (Lipinski definition) is 6. The average Bonchev–Trinajstić information content (AvgIpc) is 3.58. The van der Waals surface area contributed by atoms with E-state index in [-0.39, 0.29) is 23.4 Å². The lowest BCUT2D eigenvalue weighted by atomic mass is 10.2. The van der Waals surface area contributed by atoms with Crippen LogP contribution in [0, 0.1) is 5.82 Å². The normalized spacial score (nSPS) is 11.2. The van der Waals surface area contributed by atoms with Crippen LogP contribution in [0.15, 0.2) is 87.9 Å². The molecule has 7 nitrogen and oxygen atoms in total. The number of benzene rings is 2. The number of hydrogen-bond donors (Lipinski definition) is 2. The Labute approximate surface area is 196 Å². The lowest BCUT2D eigenvalue weighted by Gasteiger charge is -2.01. The molecule has 2 aromatic carbocycles. The molecule has 2 N–H and O–H groups in total. The lowest BCUT2D eigenvalue weighted by molar-refractivity contribution is -0.111. The van der Waals surface area contributed by atoms with Gasteiger partial charge in [-0.3, -0.25) is 14.9 Å². The Morgan fingerprint density at radius 2 is 1.85 bits per heavy atom. The number of carbonyl (C=O) groups excluding carboxylic acids is 2. The first-order chi connectivity index (χ1) is 16.5. The second kappa shape index (κ2) is 9.16. The maximum Gasteiger partial charge on any atom is 0.293 e. The van der Waals surface area contributed by atoms with E-state index >= 15 is 0 Å². The number of amides is 2. The molecule has 0 atom stereocenters.